The molecule has 0 saturated carbocycles. The number of fused-ring (bicyclic) bond motifs is 1. The van der Waals surface area contributed by atoms with Crippen LogP contribution in [0.25, 0.3) is 11.4 Å². The monoisotopic (exact) mass is 516 g/mol. The molecule has 0 bridgehead atoms. The molecule has 1 amide bonds. The van der Waals surface area contributed by atoms with Gasteiger partial charge in [-0.3, -0.25) is 18.9 Å². The smallest absolute Gasteiger partial charge is 0.295 e. The number of aromatic nitrogens is 2. The molecule has 4 heterocycles. The number of ketones is 1. The van der Waals surface area contributed by atoms with Crippen molar-refractivity contribution < 1.29 is 24.2 Å². The number of pyridine rings is 1. The molecular weight excluding hydrogens is 484 g/mol. The number of nitrogens with zero attached hydrogens (tertiary/aromatic N) is 4. The summed E-state index contributed by atoms with van der Waals surface area (Å²) in [6, 6.07) is 12.0. The van der Waals surface area contributed by atoms with Gasteiger partial charge in [0.2, 0.25) is 0 Å². The van der Waals surface area contributed by atoms with Crippen molar-refractivity contribution >= 4 is 23.1 Å². The molecule has 1 aromatic carbocycles. The first-order valence-electron chi connectivity index (χ1n) is 12.9. The Hall–Kier alpha value is -3.95. The summed E-state index contributed by atoms with van der Waals surface area (Å²) in [6.07, 6.45) is 4.14. The van der Waals surface area contributed by atoms with Crippen molar-refractivity contribution in [1.29, 1.82) is 0 Å². The zero-order valence-corrected chi connectivity index (χ0v) is 21.5. The number of likely N-dealkylation sites (tertiary alicyclic amines) is 1. The number of morpholine rings is 1. The number of hydrogen-bond acceptors (Lipinski definition) is 7. The van der Waals surface area contributed by atoms with Gasteiger partial charge in [0, 0.05) is 32.4 Å². The summed E-state index contributed by atoms with van der Waals surface area (Å²) in [5.41, 5.74) is 2.40. The maximum absolute atomic E-state index is 13.5. The van der Waals surface area contributed by atoms with Crippen LogP contribution in [-0.2, 0) is 14.3 Å². The summed E-state index contributed by atoms with van der Waals surface area (Å²) in [5, 5.41) is 11.6. The second-order valence-electron chi connectivity index (χ2n) is 9.44. The number of carbonyl (C=O) groups is 2. The van der Waals surface area contributed by atoms with E-state index in [-0.39, 0.29) is 11.3 Å². The van der Waals surface area contributed by atoms with Crippen LogP contribution in [0.2, 0.25) is 0 Å². The van der Waals surface area contributed by atoms with Gasteiger partial charge in [-0.05, 0) is 43.2 Å². The van der Waals surface area contributed by atoms with Crippen LogP contribution in [0.5, 0.6) is 5.75 Å². The fourth-order valence-corrected chi connectivity index (χ4v) is 5.17. The largest absolute Gasteiger partial charge is 0.505 e. The van der Waals surface area contributed by atoms with Crippen molar-refractivity contribution in [3.8, 4) is 5.75 Å². The topological polar surface area (TPSA) is 96.6 Å². The summed E-state index contributed by atoms with van der Waals surface area (Å²) in [6.45, 7) is 10.1. The van der Waals surface area contributed by atoms with Gasteiger partial charge in [0.1, 0.15) is 23.7 Å². The maximum atomic E-state index is 13.5. The fraction of sp³-hybridized carbons (Fsp3) is 0.345. The minimum Gasteiger partial charge on any atom is -0.505 e. The molecule has 2 saturated heterocycles. The SMILES string of the molecule is C=CCOc1ccc(C2C(=C(O)c3c(C)nc4ccccn34)C(=O)C(=O)N2CCCN2CCOCC2)cc1. The Balaban J connectivity index is 1.53. The van der Waals surface area contributed by atoms with Gasteiger partial charge in [0.05, 0.1) is 30.5 Å². The normalized spacial score (nSPS) is 19.8. The minimum absolute atomic E-state index is 0.0647. The number of carbonyl (C=O) groups excluding carboxylic acids is 2. The van der Waals surface area contributed by atoms with Crippen molar-refractivity contribution in [2.75, 3.05) is 46.0 Å². The summed E-state index contributed by atoms with van der Waals surface area (Å²) in [5.74, 6) is -0.893. The lowest BCUT2D eigenvalue weighted by molar-refractivity contribution is -0.140. The molecule has 0 aliphatic carbocycles. The number of benzene rings is 1. The van der Waals surface area contributed by atoms with E-state index in [0.717, 1.165) is 25.2 Å². The van der Waals surface area contributed by atoms with Crippen molar-refractivity contribution in [2.45, 2.75) is 19.4 Å². The Morgan fingerprint density at radius 2 is 1.92 bits per heavy atom. The van der Waals surface area contributed by atoms with Crippen LogP contribution in [0.4, 0.5) is 0 Å². The molecule has 198 valence electrons. The number of aliphatic hydroxyl groups is 1. The quantitative estimate of drug-likeness (QED) is 0.202. The van der Waals surface area contributed by atoms with Gasteiger partial charge in [-0.25, -0.2) is 4.98 Å². The number of aliphatic hydroxyl groups excluding tert-OH is 1. The third kappa shape index (κ3) is 4.94. The number of amides is 1. The van der Waals surface area contributed by atoms with E-state index in [1.165, 1.54) is 0 Å². The van der Waals surface area contributed by atoms with Gasteiger partial charge in [0.15, 0.2) is 5.76 Å². The summed E-state index contributed by atoms with van der Waals surface area (Å²) >= 11 is 0. The number of imidazole rings is 1. The minimum atomic E-state index is -0.734. The Morgan fingerprint density at radius 3 is 2.66 bits per heavy atom. The van der Waals surface area contributed by atoms with E-state index in [9.17, 15) is 14.7 Å². The molecule has 2 aromatic heterocycles. The van der Waals surface area contributed by atoms with E-state index in [1.807, 2.05) is 30.3 Å². The van der Waals surface area contributed by atoms with Crippen molar-refractivity contribution in [3.05, 3.63) is 83.8 Å². The number of Topliss-reactive ketones (excluding diaryl/α,β-unsaturated/α-hetero) is 1. The second kappa shape index (κ2) is 11.2. The molecule has 38 heavy (non-hydrogen) atoms. The van der Waals surface area contributed by atoms with Crippen LogP contribution in [0.1, 0.15) is 29.4 Å². The van der Waals surface area contributed by atoms with Gasteiger partial charge in [-0.1, -0.05) is 30.9 Å². The molecule has 2 aliphatic rings. The molecule has 1 atom stereocenters. The first-order chi connectivity index (χ1) is 18.5. The molecular formula is C29H32N4O5. The van der Waals surface area contributed by atoms with Crippen LogP contribution in [0, 0.1) is 6.92 Å². The summed E-state index contributed by atoms with van der Waals surface area (Å²) < 4.78 is 12.8. The highest BCUT2D eigenvalue weighted by atomic mass is 16.5. The van der Waals surface area contributed by atoms with Crippen LogP contribution < -0.4 is 4.74 Å². The predicted molar refractivity (Wildman–Crippen MR) is 143 cm³/mol. The molecule has 5 rings (SSSR count). The van der Waals surface area contributed by atoms with Gasteiger partial charge < -0.3 is 19.5 Å². The zero-order chi connectivity index (χ0) is 26.6. The molecule has 1 unspecified atom stereocenters. The number of aryl methyl sites for hydroxylation is 1. The standard InChI is InChI=1S/C29H32N4O5/c1-3-17-38-22-10-8-21(9-11-22)26-24(27(34)25-20(2)30-23-7-4-5-13-32(23)25)28(35)29(36)33(26)14-6-12-31-15-18-37-19-16-31/h3-5,7-11,13,26,34H,1,6,12,14-19H2,2H3. The highest BCUT2D eigenvalue weighted by molar-refractivity contribution is 6.46. The first-order valence-corrected chi connectivity index (χ1v) is 12.9. The van der Waals surface area contributed by atoms with Crippen LogP contribution in [-0.4, -0.2) is 82.0 Å². The van der Waals surface area contributed by atoms with Crippen molar-refractivity contribution in [3.63, 3.8) is 0 Å². The highest BCUT2D eigenvalue weighted by Crippen LogP contribution is 2.40. The summed E-state index contributed by atoms with van der Waals surface area (Å²) in [7, 11) is 0. The van der Waals surface area contributed by atoms with Gasteiger partial charge in [-0.15, -0.1) is 0 Å². The highest BCUT2D eigenvalue weighted by Gasteiger charge is 2.46. The van der Waals surface area contributed by atoms with E-state index in [2.05, 4.69) is 16.5 Å². The van der Waals surface area contributed by atoms with E-state index >= 15 is 0 Å². The van der Waals surface area contributed by atoms with Crippen LogP contribution in [0.3, 0.4) is 0 Å². The van der Waals surface area contributed by atoms with E-state index in [0.29, 0.717) is 55.6 Å². The number of ether oxygens (including phenoxy) is 2. The molecule has 2 aliphatic heterocycles. The third-order valence-electron chi connectivity index (χ3n) is 7.01. The van der Waals surface area contributed by atoms with Gasteiger partial charge in [0.25, 0.3) is 11.7 Å². The third-order valence-corrected chi connectivity index (χ3v) is 7.01. The Kier molecular flexibility index (Phi) is 7.57. The van der Waals surface area contributed by atoms with Crippen molar-refractivity contribution in [1.82, 2.24) is 19.2 Å². The van der Waals surface area contributed by atoms with Gasteiger partial charge >= 0.3 is 0 Å². The van der Waals surface area contributed by atoms with E-state index in [4.69, 9.17) is 9.47 Å². The van der Waals surface area contributed by atoms with Crippen molar-refractivity contribution in [2.24, 2.45) is 0 Å². The number of rotatable bonds is 9. The second-order valence-corrected chi connectivity index (χ2v) is 9.44. The molecule has 1 N–H and O–H groups in total. The Morgan fingerprint density at radius 1 is 1.16 bits per heavy atom. The van der Waals surface area contributed by atoms with Gasteiger partial charge in [-0.2, -0.15) is 0 Å². The fourth-order valence-electron chi connectivity index (χ4n) is 5.17. The molecule has 0 radical (unpaired) electrons. The van der Waals surface area contributed by atoms with Crippen LogP contribution >= 0.6 is 0 Å². The lowest BCUT2D eigenvalue weighted by Gasteiger charge is -2.29. The molecule has 9 heteroatoms. The van der Waals surface area contributed by atoms with E-state index in [1.54, 1.807) is 40.6 Å². The number of hydrogen-bond donors (Lipinski definition) is 1. The van der Waals surface area contributed by atoms with Crippen LogP contribution in [0.15, 0.2) is 66.9 Å². The average Bonchev–Trinajstić information content (AvgIpc) is 3.41. The molecule has 3 aromatic rings. The molecule has 0 spiro atoms. The average molecular weight is 517 g/mol. The summed E-state index contributed by atoms with van der Waals surface area (Å²) in [4.78, 5) is 35.2. The molecule has 9 nitrogen and oxygen atoms in total. The first kappa shape index (κ1) is 25.7. The molecule has 2 fully saturated rings. The lowest BCUT2D eigenvalue weighted by Crippen LogP contribution is -2.38. The zero-order valence-electron chi connectivity index (χ0n) is 21.5. The van der Waals surface area contributed by atoms with E-state index < -0.39 is 17.7 Å². The predicted octanol–water partition coefficient (Wildman–Crippen LogP) is 3.35. The maximum Gasteiger partial charge on any atom is 0.295 e. The Bertz CT molecular complexity index is 1370. The lowest BCUT2D eigenvalue weighted by atomic mass is 9.96. The Labute approximate surface area is 221 Å².